The summed E-state index contributed by atoms with van der Waals surface area (Å²) in [5.41, 5.74) is 10.7. The molecule has 2 aliphatic carbocycles. The number of anilines is 2. The summed E-state index contributed by atoms with van der Waals surface area (Å²) < 4.78 is 20.6. The van der Waals surface area contributed by atoms with Crippen LogP contribution in [-0.4, -0.2) is 45.6 Å². The highest BCUT2D eigenvalue weighted by Gasteiger charge is 2.45. The van der Waals surface area contributed by atoms with Gasteiger partial charge in [0, 0.05) is 49.3 Å². The first-order valence-corrected chi connectivity index (χ1v) is 11.8. The minimum absolute atomic E-state index is 0.226. The monoisotopic (exact) mass is 461 g/mol. The van der Waals surface area contributed by atoms with E-state index in [1.807, 2.05) is 13.8 Å². The smallest absolute Gasteiger partial charge is 0.324 e. The number of hydrogen-bond acceptors (Lipinski definition) is 8. The first-order chi connectivity index (χ1) is 16.4. The number of hydrogen-bond donors (Lipinski definition) is 2. The number of nitrogens with two attached hydrogens (primary N) is 1. The zero-order valence-corrected chi connectivity index (χ0v) is 19.5. The van der Waals surface area contributed by atoms with E-state index in [2.05, 4.69) is 20.2 Å². The van der Waals surface area contributed by atoms with Crippen LogP contribution in [0.15, 0.2) is 24.5 Å². The van der Waals surface area contributed by atoms with Gasteiger partial charge in [-0.2, -0.15) is 9.97 Å². The van der Waals surface area contributed by atoms with Crippen molar-refractivity contribution in [2.24, 2.45) is 11.7 Å². The molecule has 3 atom stereocenters. The third kappa shape index (κ3) is 3.37. The summed E-state index contributed by atoms with van der Waals surface area (Å²) in [6.07, 6.45) is 5.87. The lowest BCUT2D eigenvalue weighted by Gasteiger charge is -2.32. The number of fused-ring (bicyclic) bond motifs is 5. The molecule has 2 aromatic heterocycles. The molecule has 34 heavy (non-hydrogen) atoms. The van der Waals surface area contributed by atoms with Crippen molar-refractivity contribution in [1.29, 1.82) is 0 Å². The Morgan fingerprint density at radius 2 is 1.97 bits per heavy atom. The summed E-state index contributed by atoms with van der Waals surface area (Å²) in [5, 5.41) is 3.13. The second-order valence-corrected chi connectivity index (χ2v) is 9.79. The lowest BCUT2D eigenvalue weighted by atomic mass is 10.0. The Kier molecular flexibility index (Phi) is 4.91. The molecule has 0 amide bonds. The molecular formula is C25H28FN7O. The van der Waals surface area contributed by atoms with Gasteiger partial charge in [-0.25, -0.2) is 14.4 Å². The predicted octanol–water partition coefficient (Wildman–Crippen LogP) is 3.86. The molecule has 3 heterocycles. The number of nitrogens with zero attached hydrogens (tertiary/aromatic N) is 5. The molecule has 2 fully saturated rings. The maximum atomic E-state index is 14.5. The molecule has 8 nitrogen and oxygen atoms in total. The van der Waals surface area contributed by atoms with Gasteiger partial charge in [0.15, 0.2) is 5.75 Å². The third-order valence-corrected chi connectivity index (χ3v) is 7.28. The van der Waals surface area contributed by atoms with Gasteiger partial charge in [0.1, 0.15) is 17.5 Å². The second kappa shape index (κ2) is 7.87. The lowest BCUT2D eigenvalue weighted by Crippen LogP contribution is -2.41. The summed E-state index contributed by atoms with van der Waals surface area (Å²) in [5.74, 6) is 2.43. The first-order valence-electron chi connectivity index (χ1n) is 11.8. The molecule has 3 aromatic rings. The fraction of sp³-hybridized carbons (Fsp3) is 0.440. The van der Waals surface area contributed by atoms with Crippen molar-refractivity contribution in [2.45, 2.75) is 51.1 Å². The van der Waals surface area contributed by atoms with Crippen molar-refractivity contribution in [3.63, 3.8) is 0 Å². The number of piperidine rings is 1. The Morgan fingerprint density at radius 1 is 1.18 bits per heavy atom. The van der Waals surface area contributed by atoms with Crippen LogP contribution in [0, 0.1) is 11.7 Å². The van der Waals surface area contributed by atoms with Crippen LogP contribution in [0.4, 0.5) is 15.9 Å². The minimum Gasteiger partial charge on any atom is -0.421 e. The zero-order chi connectivity index (χ0) is 23.6. The highest BCUT2D eigenvalue weighted by Crippen LogP contribution is 2.49. The van der Waals surface area contributed by atoms with Gasteiger partial charge in [-0.15, -0.1) is 0 Å². The Morgan fingerprint density at radius 3 is 2.62 bits per heavy atom. The number of aromatic nitrogens is 4. The van der Waals surface area contributed by atoms with Gasteiger partial charge < -0.3 is 20.7 Å². The van der Waals surface area contributed by atoms with E-state index in [-0.39, 0.29) is 23.8 Å². The third-order valence-electron chi connectivity index (χ3n) is 7.28. The Balaban J connectivity index is 1.44. The van der Waals surface area contributed by atoms with E-state index in [0.717, 1.165) is 59.1 Å². The topological polar surface area (TPSA) is 102 Å². The summed E-state index contributed by atoms with van der Waals surface area (Å²) >= 11 is 0. The minimum atomic E-state index is -0.283. The molecule has 3 aliphatic rings. The van der Waals surface area contributed by atoms with E-state index in [4.69, 9.17) is 20.4 Å². The number of benzene rings is 1. The van der Waals surface area contributed by atoms with Crippen molar-refractivity contribution in [1.82, 2.24) is 19.9 Å². The van der Waals surface area contributed by atoms with Crippen LogP contribution >= 0.6 is 0 Å². The van der Waals surface area contributed by atoms with Crippen molar-refractivity contribution >= 4 is 11.5 Å². The number of ether oxygens (including phenoxy) is 1. The van der Waals surface area contributed by atoms with Gasteiger partial charge in [-0.3, -0.25) is 0 Å². The molecule has 0 spiro atoms. The van der Waals surface area contributed by atoms with Crippen LogP contribution in [0.1, 0.15) is 49.7 Å². The zero-order valence-electron chi connectivity index (χ0n) is 19.5. The van der Waals surface area contributed by atoms with E-state index in [0.29, 0.717) is 24.1 Å². The first kappa shape index (κ1) is 21.2. The molecule has 9 heteroatoms. The fourth-order valence-electron chi connectivity index (χ4n) is 5.61. The molecule has 1 unspecified atom stereocenters. The molecule has 6 rings (SSSR count). The van der Waals surface area contributed by atoms with Gasteiger partial charge in [-0.05, 0) is 42.0 Å². The van der Waals surface area contributed by atoms with E-state index in [1.54, 1.807) is 25.5 Å². The lowest BCUT2D eigenvalue weighted by molar-refractivity contribution is 0.431. The molecule has 1 saturated carbocycles. The van der Waals surface area contributed by atoms with Gasteiger partial charge in [0.25, 0.3) is 0 Å². The normalized spacial score (nSPS) is 22.3. The van der Waals surface area contributed by atoms with Crippen molar-refractivity contribution in [3.05, 3.63) is 47.4 Å². The summed E-state index contributed by atoms with van der Waals surface area (Å²) in [6.45, 7) is 4.92. The molecule has 2 bridgehead atoms. The molecule has 3 N–H and O–H groups in total. The van der Waals surface area contributed by atoms with Crippen LogP contribution in [-0.2, 0) is 6.42 Å². The van der Waals surface area contributed by atoms with E-state index < -0.39 is 0 Å². The molecule has 0 radical (unpaired) electrons. The maximum Gasteiger partial charge on any atom is 0.324 e. The Bertz CT molecular complexity index is 1260. The highest BCUT2D eigenvalue weighted by molar-refractivity contribution is 5.88. The quantitative estimate of drug-likeness (QED) is 0.462. The van der Waals surface area contributed by atoms with Gasteiger partial charge in [-0.1, -0.05) is 13.8 Å². The summed E-state index contributed by atoms with van der Waals surface area (Å²) in [7, 11) is 1.81. The van der Waals surface area contributed by atoms with Gasteiger partial charge in [0.2, 0.25) is 0 Å². The molecule has 1 aromatic carbocycles. The predicted molar refractivity (Wildman–Crippen MR) is 128 cm³/mol. The fourth-order valence-corrected chi connectivity index (χ4v) is 5.61. The largest absolute Gasteiger partial charge is 0.421 e. The summed E-state index contributed by atoms with van der Waals surface area (Å²) in [4.78, 5) is 20.7. The molecule has 176 valence electrons. The molecule has 1 aliphatic heterocycles. The van der Waals surface area contributed by atoms with Crippen LogP contribution in [0.25, 0.3) is 11.1 Å². The average molecular weight is 462 g/mol. The van der Waals surface area contributed by atoms with Crippen LogP contribution in [0.2, 0.25) is 0 Å². The van der Waals surface area contributed by atoms with Crippen LogP contribution in [0.3, 0.4) is 0 Å². The average Bonchev–Trinajstić information content (AvgIpc) is 3.50. The maximum absolute atomic E-state index is 14.5. The standard InChI is InChI=1S/C25H28FN7O/c1-12(2)23-29-9-16(10-30-23)34-25-31-21-8-17-18(5-14(26)6-20(17)28-3)22(21)24(32-25)33-11-13-4-15(33)7-19(13)27/h5-6,9-10,12-13,15,19,28H,4,7-8,11,27H2,1-3H3/t13-,15?,19-/m1/s1. The highest BCUT2D eigenvalue weighted by atomic mass is 19.1. The SMILES string of the molecule is CNc1cc(F)cc2c1Cc1nc(Oc3cnc(C(C)C)nc3)nc(N3C[C@H]4CC3C[C@H]4N)c1-2. The van der Waals surface area contributed by atoms with Crippen molar-refractivity contribution in [2.75, 3.05) is 23.8 Å². The molecule has 1 saturated heterocycles. The number of rotatable bonds is 5. The summed E-state index contributed by atoms with van der Waals surface area (Å²) in [6, 6.07) is 3.92. The van der Waals surface area contributed by atoms with Gasteiger partial charge in [0.05, 0.1) is 18.1 Å². The van der Waals surface area contributed by atoms with Crippen molar-refractivity contribution in [3.8, 4) is 22.9 Å². The molecular weight excluding hydrogens is 433 g/mol. The van der Waals surface area contributed by atoms with E-state index >= 15 is 0 Å². The van der Waals surface area contributed by atoms with Gasteiger partial charge >= 0.3 is 6.01 Å². The Hall–Kier alpha value is -3.33. The van der Waals surface area contributed by atoms with Crippen molar-refractivity contribution < 1.29 is 9.13 Å². The van der Waals surface area contributed by atoms with Crippen LogP contribution in [0.5, 0.6) is 11.8 Å². The van der Waals surface area contributed by atoms with E-state index in [9.17, 15) is 4.39 Å². The second-order valence-electron chi connectivity index (χ2n) is 9.79. The number of nitrogens with one attached hydrogen (secondary N) is 1. The van der Waals surface area contributed by atoms with E-state index in [1.165, 1.54) is 6.07 Å². The Labute approximate surface area is 197 Å². The number of halogens is 1. The van der Waals surface area contributed by atoms with Crippen LogP contribution < -0.4 is 20.7 Å².